The van der Waals surface area contributed by atoms with E-state index in [2.05, 4.69) is 13.8 Å². The highest BCUT2D eigenvalue weighted by Crippen LogP contribution is 2.44. The molecule has 19 heavy (non-hydrogen) atoms. The Labute approximate surface area is 121 Å². The third-order valence-electron chi connectivity index (χ3n) is 5.83. The molecule has 111 valence electrons. The third kappa shape index (κ3) is 4.80. The summed E-state index contributed by atoms with van der Waals surface area (Å²) < 4.78 is 0. The quantitative estimate of drug-likeness (QED) is 0.510. The monoisotopic (exact) mass is 263 g/mol. The summed E-state index contributed by atoms with van der Waals surface area (Å²) in [4.78, 5) is 0. The Morgan fingerprint density at radius 3 is 1.95 bits per heavy atom. The Hall–Kier alpha value is 0. The van der Waals surface area contributed by atoms with Crippen LogP contribution in [0.2, 0.25) is 0 Å². The van der Waals surface area contributed by atoms with Gasteiger partial charge in [-0.2, -0.15) is 0 Å². The van der Waals surface area contributed by atoms with Crippen molar-refractivity contribution in [3.05, 3.63) is 5.92 Å². The van der Waals surface area contributed by atoms with E-state index in [4.69, 9.17) is 0 Å². The zero-order valence-corrected chi connectivity index (χ0v) is 13.4. The SMILES string of the molecule is CCCCC1CC[C](C2CCC(CCC)CC2)CC1. The van der Waals surface area contributed by atoms with Crippen molar-refractivity contribution in [2.45, 2.75) is 97.3 Å². The number of rotatable bonds is 6. The van der Waals surface area contributed by atoms with Crippen molar-refractivity contribution in [3.8, 4) is 0 Å². The van der Waals surface area contributed by atoms with Crippen molar-refractivity contribution in [1.29, 1.82) is 0 Å². The smallest absolute Gasteiger partial charge is 0.0210 e. The standard InChI is InChI=1S/C19H35/c1-3-5-7-17-10-14-19(15-11-17)18-12-8-16(6-4-2)9-13-18/h16-18H,3-15H2,1-2H3. The fraction of sp³-hybridized carbons (Fsp3) is 0.947. The summed E-state index contributed by atoms with van der Waals surface area (Å²) in [6.07, 6.45) is 19.3. The van der Waals surface area contributed by atoms with Gasteiger partial charge in [-0.3, -0.25) is 0 Å². The fourth-order valence-corrected chi connectivity index (χ4v) is 4.51. The van der Waals surface area contributed by atoms with E-state index in [1.807, 2.05) is 5.92 Å². The largest absolute Gasteiger partial charge is 0.0654 e. The van der Waals surface area contributed by atoms with Crippen LogP contribution in [0.3, 0.4) is 0 Å². The predicted octanol–water partition coefficient (Wildman–Crippen LogP) is 6.55. The van der Waals surface area contributed by atoms with Crippen LogP contribution in [-0.2, 0) is 0 Å². The summed E-state index contributed by atoms with van der Waals surface area (Å²) in [7, 11) is 0. The van der Waals surface area contributed by atoms with Gasteiger partial charge in [-0.1, -0.05) is 58.8 Å². The molecule has 0 spiro atoms. The molecular weight excluding hydrogens is 228 g/mol. The average Bonchev–Trinajstić information content (AvgIpc) is 2.47. The lowest BCUT2D eigenvalue weighted by atomic mass is 9.68. The Morgan fingerprint density at radius 2 is 1.37 bits per heavy atom. The Bertz CT molecular complexity index is 216. The molecule has 0 heterocycles. The van der Waals surface area contributed by atoms with Gasteiger partial charge in [0.2, 0.25) is 0 Å². The van der Waals surface area contributed by atoms with E-state index in [0.29, 0.717) is 0 Å². The van der Waals surface area contributed by atoms with Crippen LogP contribution in [0.5, 0.6) is 0 Å². The Morgan fingerprint density at radius 1 is 0.737 bits per heavy atom. The van der Waals surface area contributed by atoms with Crippen molar-refractivity contribution in [2.75, 3.05) is 0 Å². The molecule has 0 aromatic carbocycles. The van der Waals surface area contributed by atoms with Gasteiger partial charge in [0.1, 0.15) is 0 Å². The number of unbranched alkanes of at least 4 members (excludes halogenated alkanes) is 1. The highest BCUT2D eigenvalue weighted by atomic mass is 14.4. The topological polar surface area (TPSA) is 0 Å². The van der Waals surface area contributed by atoms with Crippen LogP contribution in [0.1, 0.15) is 97.3 Å². The van der Waals surface area contributed by atoms with E-state index in [-0.39, 0.29) is 0 Å². The Kier molecular flexibility index (Phi) is 6.74. The summed E-state index contributed by atoms with van der Waals surface area (Å²) in [5.74, 6) is 5.14. The summed E-state index contributed by atoms with van der Waals surface area (Å²) in [5, 5.41) is 0. The molecular formula is C19H35. The first kappa shape index (κ1) is 15.4. The lowest BCUT2D eigenvalue weighted by molar-refractivity contribution is 0.232. The maximum absolute atomic E-state index is 2.35. The van der Waals surface area contributed by atoms with E-state index in [1.54, 1.807) is 0 Å². The predicted molar refractivity (Wildman–Crippen MR) is 85.1 cm³/mol. The van der Waals surface area contributed by atoms with Crippen molar-refractivity contribution in [2.24, 2.45) is 17.8 Å². The molecule has 0 nitrogen and oxygen atoms in total. The number of hydrogen-bond acceptors (Lipinski definition) is 0. The molecule has 2 saturated carbocycles. The molecule has 0 unspecified atom stereocenters. The van der Waals surface area contributed by atoms with Crippen molar-refractivity contribution >= 4 is 0 Å². The highest BCUT2D eigenvalue weighted by Gasteiger charge is 2.30. The van der Waals surface area contributed by atoms with E-state index in [1.165, 1.54) is 83.5 Å². The van der Waals surface area contributed by atoms with E-state index in [9.17, 15) is 0 Å². The lowest BCUT2D eigenvalue weighted by Crippen LogP contribution is -2.24. The highest BCUT2D eigenvalue weighted by molar-refractivity contribution is 5.01. The normalized spacial score (nSPS) is 30.6. The molecule has 0 saturated heterocycles. The molecule has 2 aliphatic rings. The molecule has 0 atom stereocenters. The minimum Gasteiger partial charge on any atom is -0.0654 e. The molecule has 2 aliphatic carbocycles. The zero-order chi connectivity index (χ0) is 13.5. The minimum absolute atomic E-state index is 1.03. The van der Waals surface area contributed by atoms with Gasteiger partial charge in [-0.05, 0) is 62.2 Å². The van der Waals surface area contributed by atoms with Crippen LogP contribution in [0, 0.1) is 23.7 Å². The van der Waals surface area contributed by atoms with E-state index < -0.39 is 0 Å². The minimum atomic E-state index is 1.03. The van der Waals surface area contributed by atoms with Crippen molar-refractivity contribution in [1.82, 2.24) is 0 Å². The molecule has 0 heteroatoms. The van der Waals surface area contributed by atoms with Crippen LogP contribution < -0.4 is 0 Å². The van der Waals surface area contributed by atoms with Gasteiger partial charge in [0.25, 0.3) is 0 Å². The van der Waals surface area contributed by atoms with Gasteiger partial charge in [-0.25, -0.2) is 0 Å². The molecule has 2 rings (SSSR count). The lowest BCUT2D eigenvalue weighted by Gasteiger charge is -2.37. The van der Waals surface area contributed by atoms with Gasteiger partial charge >= 0.3 is 0 Å². The second-order valence-electron chi connectivity index (χ2n) is 7.25. The van der Waals surface area contributed by atoms with Crippen LogP contribution >= 0.6 is 0 Å². The molecule has 1 radical (unpaired) electrons. The second kappa shape index (κ2) is 8.32. The van der Waals surface area contributed by atoms with Crippen molar-refractivity contribution < 1.29 is 0 Å². The average molecular weight is 263 g/mol. The van der Waals surface area contributed by atoms with E-state index in [0.717, 1.165) is 17.8 Å². The van der Waals surface area contributed by atoms with Gasteiger partial charge in [0, 0.05) is 0 Å². The number of hydrogen-bond donors (Lipinski definition) is 0. The maximum Gasteiger partial charge on any atom is -0.0210 e. The molecule has 0 amide bonds. The van der Waals surface area contributed by atoms with Gasteiger partial charge in [0.05, 0.1) is 0 Å². The Balaban J connectivity index is 1.65. The second-order valence-corrected chi connectivity index (χ2v) is 7.25. The molecule has 0 aliphatic heterocycles. The summed E-state index contributed by atoms with van der Waals surface area (Å²) in [6, 6.07) is 0. The van der Waals surface area contributed by atoms with Gasteiger partial charge in [0.15, 0.2) is 0 Å². The van der Waals surface area contributed by atoms with Crippen LogP contribution in [-0.4, -0.2) is 0 Å². The summed E-state index contributed by atoms with van der Waals surface area (Å²) in [6.45, 7) is 4.67. The maximum atomic E-state index is 2.35. The van der Waals surface area contributed by atoms with Crippen LogP contribution in [0.25, 0.3) is 0 Å². The fourth-order valence-electron chi connectivity index (χ4n) is 4.51. The molecule has 0 aromatic heterocycles. The van der Waals surface area contributed by atoms with Crippen molar-refractivity contribution in [3.63, 3.8) is 0 Å². The first-order valence-corrected chi connectivity index (χ1v) is 9.18. The van der Waals surface area contributed by atoms with E-state index >= 15 is 0 Å². The summed E-state index contributed by atoms with van der Waals surface area (Å²) in [5.41, 5.74) is 0. The molecule has 0 aromatic rings. The summed E-state index contributed by atoms with van der Waals surface area (Å²) >= 11 is 0. The zero-order valence-electron chi connectivity index (χ0n) is 13.4. The van der Waals surface area contributed by atoms with Crippen LogP contribution in [0.15, 0.2) is 0 Å². The van der Waals surface area contributed by atoms with Gasteiger partial charge < -0.3 is 0 Å². The molecule has 0 N–H and O–H groups in total. The first-order chi connectivity index (χ1) is 9.33. The third-order valence-corrected chi connectivity index (χ3v) is 5.83. The molecule has 0 bridgehead atoms. The van der Waals surface area contributed by atoms with Gasteiger partial charge in [-0.15, -0.1) is 0 Å². The molecule has 2 fully saturated rings. The first-order valence-electron chi connectivity index (χ1n) is 9.18. The van der Waals surface area contributed by atoms with Crippen LogP contribution in [0.4, 0.5) is 0 Å².